The van der Waals surface area contributed by atoms with Crippen LogP contribution >= 0.6 is 0 Å². The second kappa shape index (κ2) is 15.4. The van der Waals surface area contributed by atoms with E-state index in [1.165, 1.54) is 57.8 Å². The summed E-state index contributed by atoms with van der Waals surface area (Å²) in [6.07, 6.45) is 8.81. The van der Waals surface area contributed by atoms with Gasteiger partial charge in [-0.1, -0.05) is 44.9 Å². The van der Waals surface area contributed by atoms with Crippen LogP contribution in [0.25, 0.3) is 0 Å². The fourth-order valence-corrected chi connectivity index (χ4v) is 3.02. The predicted molar refractivity (Wildman–Crippen MR) is 95.5 cm³/mol. The molecule has 0 aliphatic heterocycles. The van der Waals surface area contributed by atoms with Crippen LogP contribution in [0.5, 0.6) is 0 Å². The molecule has 0 radical (unpaired) electrons. The first kappa shape index (κ1) is 27.6. The van der Waals surface area contributed by atoms with Crippen molar-refractivity contribution < 1.29 is 47.1 Å². The van der Waals surface area contributed by atoms with Gasteiger partial charge in [-0.05, 0) is 39.8 Å². The quantitative estimate of drug-likeness (QED) is 0.505. The van der Waals surface area contributed by atoms with Crippen molar-refractivity contribution in [2.24, 2.45) is 5.92 Å². The molecule has 0 bridgehead atoms. The standard InChI is InChI=1S/C9H19N.C5H10.C4H6O6.Fe/c1-8(10(2)3)9-6-4-5-7-9;1-2-4-5-3-1;5-1(3(7)8)2(6)4(9)10;/h8-9H,4-7H2,1-3H3;1-5H2;1-2,5-6H,(H,7,8)(H,9,10);/t8-;;1-,2-;/m0.1./s1. The van der Waals surface area contributed by atoms with Crippen LogP contribution in [0, 0.1) is 5.92 Å². The molecule has 7 nitrogen and oxygen atoms in total. The van der Waals surface area contributed by atoms with Crippen LogP contribution in [-0.2, 0) is 26.7 Å². The van der Waals surface area contributed by atoms with Gasteiger partial charge in [-0.3, -0.25) is 0 Å². The first-order valence-electron chi connectivity index (χ1n) is 9.16. The van der Waals surface area contributed by atoms with E-state index in [2.05, 4.69) is 25.9 Å². The van der Waals surface area contributed by atoms with Crippen LogP contribution in [-0.4, -0.2) is 69.6 Å². The zero-order chi connectivity index (χ0) is 19.4. The number of hydrogen-bond donors (Lipinski definition) is 4. The Hall–Kier alpha value is -0.661. The van der Waals surface area contributed by atoms with Crippen LogP contribution in [0.15, 0.2) is 0 Å². The van der Waals surface area contributed by atoms with Crippen LogP contribution in [0.1, 0.15) is 64.7 Å². The molecular weight excluding hydrogens is 382 g/mol. The Bertz CT molecular complexity index is 358. The summed E-state index contributed by atoms with van der Waals surface area (Å²) in [5.74, 6) is -2.56. The monoisotopic (exact) mass is 417 g/mol. The largest absolute Gasteiger partial charge is 0.479 e. The van der Waals surface area contributed by atoms with E-state index in [1.54, 1.807) is 0 Å². The molecule has 2 saturated carbocycles. The van der Waals surface area contributed by atoms with Crippen LogP contribution in [0.3, 0.4) is 0 Å². The molecule has 3 atom stereocenters. The maximum absolute atomic E-state index is 9.77. The summed E-state index contributed by atoms with van der Waals surface area (Å²) in [6, 6.07) is 0.794. The summed E-state index contributed by atoms with van der Waals surface area (Å²) in [6.45, 7) is 2.34. The molecule has 2 rings (SSSR count). The molecule has 0 heterocycles. The zero-order valence-electron chi connectivity index (χ0n) is 16.1. The first-order chi connectivity index (χ1) is 11.7. The van der Waals surface area contributed by atoms with Crippen molar-refractivity contribution in [3.05, 3.63) is 0 Å². The SMILES string of the molecule is C1CCCC1.C[C@@H](C1CCCC1)N(C)C.O=C(O)[C@H](O)[C@@H](O)C(=O)O.[Fe]. The van der Waals surface area contributed by atoms with Crippen molar-refractivity contribution in [3.63, 3.8) is 0 Å². The van der Waals surface area contributed by atoms with Gasteiger partial charge in [0, 0.05) is 23.1 Å². The molecule has 4 N–H and O–H groups in total. The second-order valence-electron chi connectivity index (χ2n) is 7.08. The summed E-state index contributed by atoms with van der Waals surface area (Å²) in [4.78, 5) is 21.9. The molecule has 0 aromatic heterocycles. The number of aliphatic carboxylic acids is 2. The maximum atomic E-state index is 9.77. The van der Waals surface area contributed by atoms with Crippen LogP contribution in [0.4, 0.5) is 0 Å². The van der Waals surface area contributed by atoms with Crippen molar-refractivity contribution in [2.75, 3.05) is 14.1 Å². The van der Waals surface area contributed by atoms with Crippen molar-refractivity contribution in [1.29, 1.82) is 0 Å². The average molecular weight is 417 g/mol. The van der Waals surface area contributed by atoms with E-state index in [-0.39, 0.29) is 17.1 Å². The molecule has 2 fully saturated rings. The molecule has 0 unspecified atom stereocenters. The van der Waals surface area contributed by atoms with E-state index in [9.17, 15) is 9.59 Å². The molecule has 0 saturated heterocycles. The minimum atomic E-state index is -2.27. The smallest absolute Gasteiger partial charge is 0.335 e. The van der Waals surface area contributed by atoms with Crippen LogP contribution < -0.4 is 0 Å². The van der Waals surface area contributed by atoms with E-state index in [0.29, 0.717) is 0 Å². The molecule has 2 aliphatic carbocycles. The second-order valence-corrected chi connectivity index (χ2v) is 7.08. The Balaban J connectivity index is 0. The van der Waals surface area contributed by atoms with Crippen molar-refractivity contribution in [3.8, 4) is 0 Å². The van der Waals surface area contributed by atoms with E-state index in [1.807, 2.05) is 0 Å². The van der Waals surface area contributed by atoms with E-state index >= 15 is 0 Å². The zero-order valence-corrected chi connectivity index (χ0v) is 17.2. The van der Waals surface area contributed by atoms with Gasteiger partial charge in [0.05, 0.1) is 0 Å². The third-order valence-electron chi connectivity index (χ3n) is 4.95. The van der Waals surface area contributed by atoms with Crippen molar-refractivity contribution in [1.82, 2.24) is 4.90 Å². The molecular formula is C18H35FeNO6. The van der Waals surface area contributed by atoms with Gasteiger partial charge >= 0.3 is 11.9 Å². The topological polar surface area (TPSA) is 118 Å². The molecule has 8 heteroatoms. The average Bonchev–Trinajstić information content (AvgIpc) is 3.28. The normalized spacial score (nSPS) is 19.9. The molecule has 26 heavy (non-hydrogen) atoms. The number of carboxylic acid groups (broad SMARTS) is 2. The summed E-state index contributed by atoms with van der Waals surface area (Å²) >= 11 is 0. The predicted octanol–water partition coefficient (Wildman–Crippen LogP) is 1.95. The fraction of sp³-hybridized carbons (Fsp3) is 0.889. The Labute approximate surface area is 167 Å². The molecule has 0 amide bonds. The number of carbonyl (C=O) groups is 2. The summed E-state index contributed by atoms with van der Waals surface area (Å²) in [5, 5.41) is 32.5. The minimum Gasteiger partial charge on any atom is -0.479 e. The van der Waals surface area contributed by atoms with Gasteiger partial charge in [-0.25, -0.2) is 9.59 Å². The molecule has 0 spiro atoms. The van der Waals surface area contributed by atoms with Crippen molar-refractivity contribution >= 4 is 11.9 Å². The van der Waals surface area contributed by atoms with Gasteiger partial charge in [0.25, 0.3) is 0 Å². The van der Waals surface area contributed by atoms with Gasteiger partial charge in [0.15, 0.2) is 12.2 Å². The first-order valence-corrected chi connectivity index (χ1v) is 9.16. The molecule has 2 aliphatic rings. The maximum Gasteiger partial charge on any atom is 0.335 e. The van der Waals surface area contributed by atoms with Crippen molar-refractivity contribution in [2.45, 2.75) is 83.0 Å². The van der Waals surface area contributed by atoms with Gasteiger partial charge in [-0.2, -0.15) is 0 Å². The number of carboxylic acids is 2. The van der Waals surface area contributed by atoms with Gasteiger partial charge in [0.1, 0.15) is 0 Å². The Morgan fingerprint density at radius 2 is 1.12 bits per heavy atom. The minimum absolute atomic E-state index is 0. The van der Waals surface area contributed by atoms with Gasteiger partial charge < -0.3 is 25.3 Å². The third-order valence-corrected chi connectivity index (χ3v) is 4.95. The number of aliphatic hydroxyl groups excluding tert-OH is 2. The Morgan fingerprint density at radius 3 is 1.35 bits per heavy atom. The van der Waals surface area contributed by atoms with Gasteiger partial charge in [-0.15, -0.1) is 0 Å². The summed E-state index contributed by atoms with van der Waals surface area (Å²) < 4.78 is 0. The summed E-state index contributed by atoms with van der Waals surface area (Å²) in [5.41, 5.74) is 0. The number of aliphatic hydroxyl groups is 2. The van der Waals surface area contributed by atoms with Gasteiger partial charge in [0.2, 0.25) is 0 Å². The van der Waals surface area contributed by atoms with E-state index in [4.69, 9.17) is 20.4 Å². The summed E-state index contributed by atoms with van der Waals surface area (Å²) in [7, 11) is 4.37. The van der Waals surface area contributed by atoms with E-state index in [0.717, 1.165) is 12.0 Å². The number of rotatable bonds is 5. The third kappa shape index (κ3) is 11.9. The molecule has 0 aromatic rings. The molecule has 156 valence electrons. The molecule has 0 aromatic carbocycles. The Morgan fingerprint density at radius 1 is 0.808 bits per heavy atom. The number of hydrogen-bond acceptors (Lipinski definition) is 5. The number of nitrogens with zero attached hydrogens (tertiary/aromatic N) is 1. The van der Waals surface area contributed by atoms with Crippen LogP contribution in [0.2, 0.25) is 0 Å². The Kier molecular flexibility index (Phi) is 16.3. The fourth-order valence-electron chi connectivity index (χ4n) is 3.02. The van der Waals surface area contributed by atoms with E-state index < -0.39 is 24.1 Å².